The van der Waals surface area contributed by atoms with Crippen LogP contribution in [0.2, 0.25) is 0 Å². The molecule has 1 unspecified atom stereocenters. The number of aromatic nitrogens is 4. The van der Waals surface area contributed by atoms with E-state index in [0.29, 0.717) is 5.69 Å². The predicted octanol–water partition coefficient (Wildman–Crippen LogP) is 0.907. The van der Waals surface area contributed by atoms with Crippen molar-refractivity contribution in [1.29, 1.82) is 0 Å². The number of tetrazole rings is 1. The van der Waals surface area contributed by atoms with Crippen molar-refractivity contribution in [3.63, 3.8) is 0 Å². The molecule has 0 saturated heterocycles. The molecule has 3 N–H and O–H groups in total. The first kappa shape index (κ1) is 13.0. The van der Waals surface area contributed by atoms with Gasteiger partial charge in [0.25, 0.3) is 5.95 Å². The van der Waals surface area contributed by atoms with Gasteiger partial charge in [0.15, 0.2) is 0 Å². The normalized spacial score (nSPS) is 11.9. The van der Waals surface area contributed by atoms with E-state index in [0.717, 1.165) is 5.56 Å². The van der Waals surface area contributed by atoms with Crippen LogP contribution in [0.15, 0.2) is 24.3 Å². The number of hydrogen-bond acceptors (Lipinski definition) is 5. The Hall–Kier alpha value is -2.48. The number of carbonyl (C=O) groups excluding carboxylic acids is 1. The van der Waals surface area contributed by atoms with Crippen LogP contribution in [0.1, 0.15) is 18.6 Å². The van der Waals surface area contributed by atoms with Crippen molar-refractivity contribution < 1.29 is 9.90 Å². The number of anilines is 2. The minimum absolute atomic E-state index is 0.126. The lowest BCUT2D eigenvalue weighted by Gasteiger charge is -2.07. The van der Waals surface area contributed by atoms with Gasteiger partial charge in [0.1, 0.15) is 0 Å². The standard InChI is InChI=1S/C11H14N6O2/c1-7(18)8-3-5-9(6-4-8)12-11(19)13-10-14-16-17(2)15-10/h3-7,18H,1-2H3,(H2,12,13,15,19). The second-order valence-corrected chi connectivity index (χ2v) is 3.98. The number of carbonyl (C=O) groups is 1. The first-order chi connectivity index (χ1) is 9.04. The van der Waals surface area contributed by atoms with Gasteiger partial charge in [-0.25, -0.2) is 4.79 Å². The van der Waals surface area contributed by atoms with Crippen LogP contribution in [0, 0.1) is 0 Å². The van der Waals surface area contributed by atoms with Gasteiger partial charge in [0.2, 0.25) is 0 Å². The Labute approximate surface area is 109 Å². The van der Waals surface area contributed by atoms with Gasteiger partial charge in [-0.2, -0.15) is 4.80 Å². The lowest BCUT2D eigenvalue weighted by molar-refractivity contribution is 0.199. The molecule has 1 heterocycles. The van der Waals surface area contributed by atoms with Crippen LogP contribution in [-0.2, 0) is 7.05 Å². The highest BCUT2D eigenvalue weighted by molar-refractivity contribution is 5.98. The maximum atomic E-state index is 11.6. The average Bonchev–Trinajstić information content (AvgIpc) is 2.75. The zero-order valence-corrected chi connectivity index (χ0v) is 10.5. The summed E-state index contributed by atoms with van der Waals surface area (Å²) in [4.78, 5) is 12.9. The number of nitrogens with one attached hydrogen (secondary N) is 2. The van der Waals surface area contributed by atoms with Gasteiger partial charge in [0.05, 0.1) is 13.2 Å². The van der Waals surface area contributed by atoms with Crippen molar-refractivity contribution in [3.8, 4) is 0 Å². The van der Waals surface area contributed by atoms with E-state index in [1.165, 1.54) is 4.80 Å². The van der Waals surface area contributed by atoms with Crippen LogP contribution in [0.25, 0.3) is 0 Å². The third kappa shape index (κ3) is 3.49. The molecule has 2 aromatic rings. The number of urea groups is 1. The quantitative estimate of drug-likeness (QED) is 0.762. The van der Waals surface area contributed by atoms with Crippen LogP contribution in [0.5, 0.6) is 0 Å². The summed E-state index contributed by atoms with van der Waals surface area (Å²) < 4.78 is 0. The molecule has 2 rings (SSSR count). The first-order valence-electron chi connectivity index (χ1n) is 5.64. The molecule has 2 amide bonds. The number of aryl methyl sites for hydroxylation is 1. The Kier molecular flexibility index (Phi) is 3.71. The Morgan fingerprint density at radius 2 is 2.00 bits per heavy atom. The maximum Gasteiger partial charge on any atom is 0.326 e. The number of amides is 2. The van der Waals surface area contributed by atoms with E-state index < -0.39 is 12.1 Å². The van der Waals surface area contributed by atoms with E-state index in [4.69, 9.17) is 0 Å². The molecule has 0 aliphatic rings. The van der Waals surface area contributed by atoms with E-state index >= 15 is 0 Å². The molecular formula is C11H14N6O2. The van der Waals surface area contributed by atoms with Crippen molar-refractivity contribution in [2.75, 3.05) is 10.6 Å². The molecule has 0 aliphatic carbocycles. The molecule has 0 saturated carbocycles. The summed E-state index contributed by atoms with van der Waals surface area (Å²) in [5.74, 6) is 0.126. The largest absolute Gasteiger partial charge is 0.389 e. The van der Waals surface area contributed by atoms with Gasteiger partial charge in [-0.3, -0.25) is 5.32 Å². The number of aliphatic hydroxyl groups excluding tert-OH is 1. The van der Waals surface area contributed by atoms with E-state index in [2.05, 4.69) is 26.0 Å². The van der Waals surface area contributed by atoms with Crippen molar-refractivity contribution in [2.45, 2.75) is 13.0 Å². The Morgan fingerprint density at radius 3 is 2.53 bits per heavy atom. The molecule has 1 aromatic heterocycles. The van der Waals surface area contributed by atoms with Crippen LogP contribution in [0.4, 0.5) is 16.4 Å². The number of benzene rings is 1. The Bertz CT molecular complexity index is 563. The predicted molar refractivity (Wildman–Crippen MR) is 68.5 cm³/mol. The highest BCUT2D eigenvalue weighted by atomic mass is 16.3. The highest BCUT2D eigenvalue weighted by Gasteiger charge is 2.07. The fraction of sp³-hybridized carbons (Fsp3) is 0.273. The summed E-state index contributed by atoms with van der Waals surface area (Å²) in [6.07, 6.45) is -0.535. The molecule has 0 spiro atoms. The van der Waals surface area contributed by atoms with Gasteiger partial charge >= 0.3 is 6.03 Å². The second kappa shape index (κ2) is 5.44. The van der Waals surface area contributed by atoms with Gasteiger partial charge in [-0.05, 0) is 29.8 Å². The van der Waals surface area contributed by atoms with Crippen molar-refractivity contribution >= 4 is 17.7 Å². The van der Waals surface area contributed by atoms with Gasteiger partial charge < -0.3 is 10.4 Å². The maximum absolute atomic E-state index is 11.6. The van der Waals surface area contributed by atoms with E-state index in [1.807, 2.05) is 0 Å². The van der Waals surface area contributed by atoms with Crippen molar-refractivity contribution in [3.05, 3.63) is 29.8 Å². The number of aliphatic hydroxyl groups is 1. The van der Waals surface area contributed by atoms with Crippen LogP contribution in [-0.4, -0.2) is 31.3 Å². The zero-order chi connectivity index (χ0) is 13.8. The summed E-state index contributed by atoms with van der Waals surface area (Å²) in [6, 6.07) is 6.41. The molecule has 1 atom stereocenters. The third-order valence-electron chi connectivity index (χ3n) is 2.38. The second-order valence-electron chi connectivity index (χ2n) is 3.98. The van der Waals surface area contributed by atoms with Crippen LogP contribution >= 0.6 is 0 Å². The molecule has 0 bridgehead atoms. The van der Waals surface area contributed by atoms with Crippen molar-refractivity contribution in [1.82, 2.24) is 20.2 Å². The first-order valence-corrected chi connectivity index (χ1v) is 5.64. The lowest BCUT2D eigenvalue weighted by Crippen LogP contribution is -2.20. The fourth-order valence-corrected chi connectivity index (χ4v) is 1.44. The molecule has 1 aromatic carbocycles. The molecule has 19 heavy (non-hydrogen) atoms. The summed E-state index contributed by atoms with van der Waals surface area (Å²) in [6.45, 7) is 1.68. The van der Waals surface area contributed by atoms with E-state index in [9.17, 15) is 9.90 Å². The highest BCUT2D eigenvalue weighted by Crippen LogP contribution is 2.15. The third-order valence-corrected chi connectivity index (χ3v) is 2.38. The monoisotopic (exact) mass is 262 g/mol. The molecular weight excluding hydrogens is 248 g/mol. The summed E-state index contributed by atoms with van der Waals surface area (Å²) in [5, 5.41) is 25.5. The Balaban J connectivity index is 1.95. The number of hydrogen-bond donors (Lipinski definition) is 3. The SMILES string of the molecule is CC(O)c1ccc(NC(=O)Nc2nnn(C)n2)cc1. The summed E-state index contributed by atoms with van der Waals surface area (Å²) in [7, 11) is 1.60. The van der Waals surface area contributed by atoms with Crippen LogP contribution < -0.4 is 10.6 Å². The van der Waals surface area contributed by atoms with Crippen molar-refractivity contribution in [2.24, 2.45) is 7.05 Å². The molecule has 0 aliphatic heterocycles. The summed E-state index contributed by atoms with van der Waals surface area (Å²) >= 11 is 0. The van der Waals surface area contributed by atoms with Crippen LogP contribution in [0.3, 0.4) is 0 Å². The zero-order valence-electron chi connectivity index (χ0n) is 10.5. The molecule has 0 radical (unpaired) electrons. The molecule has 8 heteroatoms. The molecule has 8 nitrogen and oxygen atoms in total. The van der Waals surface area contributed by atoms with Gasteiger partial charge in [0, 0.05) is 5.69 Å². The average molecular weight is 262 g/mol. The van der Waals surface area contributed by atoms with E-state index in [-0.39, 0.29) is 5.95 Å². The summed E-state index contributed by atoms with van der Waals surface area (Å²) in [5.41, 5.74) is 1.38. The fourth-order valence-electron chi connectivity index (χ4n) is 1.44. The van der Waals surface area contributed by atoms with Gasteiger partial charge in [-0.1, -0.05) is 17.2 Å². The number of nitrogens with zero attached hydrogens (tertiary/aromatic N) is 4. The van der Waals surface area contributed by atoms with Gasteiger partial charge in [-0.15, -0.1) is 5.10 Å². The smallest absolute Gasteiger partial charge is 0.326 e. The lowest BCUT2D eigenvalue weighted by atomic mass is 10.1. The topological polar surface area (TPSA) is 105 Å². The minimum Gasteiger partial charge on any atom is -0.389 e. The van der Waals surface area contributed by atoms with E-state index in [1.54, 1.807) is 38.2 Å². The minimum atomic E-state index is -0.535. The number of rotatable bonds is 3. The Morgan fingerprint density at radius 1 is 1.32 bits per heavy atom. The molecule has 0 fully saturated rings. The molecule has 100 valence electrons.